The lowest BCUT2D eigenvalue weighted by Gasteiger charge is -2.22. The van der Waals surface area contributed by atoms with Crippen molar-refractivity contribution >= 4 is 28.3 Å². The highest BCUT2D eigenvalue weighted by Crippen LogP contribution is 2.20. The minimum atomic E-state index is -0.508. The van der Waals surface area contributed by atoms with Crippen molar-refractivity contribution in [1.29, 1.82) is 0 Å². The highest BCUT2D eigenvalue weighted by Gasteiger charge is 2.26. The van der Waals surface area contributed by atoms with Gasteiger partial charge in [0.15, 0.2) is 5.13 Å². The number of esters is 1. The SMILES string of the molecule is CCOC(=O)CCc1csc(NCC(C)(C)C(=O)NC)n1. The summed E-state index contributed by atoms with van der Waals surface area (Å²) in [5, 5.41) is 8.47. The molecule has 0 atom stereocenters. The molecule has 0 saturated heterocycles. The van der Waals surface area contributed by atoms with Crippen molar-refractivity contribution in [3.8, 4) is 0 Å². The Hall–Kier alpha value is -1.63. The molecule has 118 valence electrons. The molecular weight excluding hydrogens is 290 g/mol. The summed E-state index contributed by atoms with van der Waals surface area (Å²) >= 11 is 1.47. The first kappa shape index (κ1) is 17.4. The zero-order valence-electron chi connectivity index (χ0n) is 13.0. The van der Waals surface area contributed by atoms with Crippen LogP contribution in [-0.2, 0) is 20.7 Å². The molecule has 0 aliphatic heterocycles. The number of amides is 1. The Labute approximate surface area is 129 Å². The number of nitrogens with zero attached hydrogens (tertiary/aromatic N) is 1. The van der Waals surface area contributed by atoms with Gasteiger partial charge in [-0.3, -0.25) is 9.59 Å². The molecule has 0 aliphatic rings. The number of thiazole rings is 1. The van der Waals surface area contributed by atoms with Gasteiger partial charge in [0.1, 0.15) is 0 Å². The van der Waals surface area contributed by atoms with Gasteiger partial charge >= 0.3 is 5.97 Å². The van der Waals surface area contributed by atoms with Gasteiger partial charge in [-0.25, -0.2) is 4.98 Å². The maximum atomic E-state index is 11.7. The zero-order chi connectivity index (χ0) is 15.9. The molecule has 0 radical (unpaired) electrons. The van der Waals surface area contributed by atoms with E-state index in [1.807, 2.05) is 19.2 Å². The molecule has 1 aromatic heterocycles. The number of rotatable bonds is 8. The summed E-state index contributed by atoms with van der Waals surface area (Å²) in [6, 6.07) is 0. The van der Waals surface area contributed by atoms with E-state index in [2.05, 4.69) is 15.6 Å². The van der Waals surface area contributed by atoms with Crippen molar-refractivity contribution < 1.29 is 14.3 Å². The normalized spacial score (nSPS) is 11.0. The third kappa shape index (κ3) is 5.71. The van der Waals surface area contributed by atoms with E-state index in [1.54, 1.807) is 14.0 Å². The highest BCUT2D eigenvalue weighted by atomic mass is 32.1. The number of hydrogen-bond acceptors (Lipinski definition) is 6. The van der Waals surface area contributed by atoms with Gasteiger partial charge in [-0.15, -0.1) is 11.3 Å². The van der Waals surface area contributed by atoms with E-state index in [1.165, 1.54) is 11.3 Å². The Morgan fingerprint density at radius 3 is 2.76 bits per heavy atom. The van der Waals surface area contributed by atoms with E-state index in [-0.39, 0.29) is 11.9 Å². The van der Waals surface area contributed by atoms with Crippen LogP contribution in [0.2, 0.25) is 0 Å². The van der Waals surface area contributed by atoms with E-state index in [9.17, 15) is 9.59 Å². The number of anilines is 1. The molecule has 1 aromatic rings. The fourth-order valence-electron chi connectivity index (χ4n) is 1.68. The topological polar surface area (TPSA) is 80.3 Å². The van der Waals surface area contributed by atoms with Crippen LogP contribution in [0.4, 0.5) is 5.13 Å². The third-order valence-electron chi connectivity index (χ3n) is 2.97. The van der Waals surface area contributed by atoms with Crippen molar-refractivity contribution in [2.45, 2.75) is 33.6 Å². The van der Waals surface area contributed by atoms with Gasteiger partial charge in [0.2, 0.25) is 5.91 Å². The number of aromatic nitrogens is 1. The van der Waals surface area contributed by atoms with Gasteiger partial charge in [0, 0.05) is 25.4 Å². The predicted octanol–water partition coefficient (Wildman–Crippen LogP) is 1.82. The van der Waals surface area contributed by atoms with Crippen molar-refractivity contribution in [3.05, 3.63) is 11.1 Å². The average molecular weight is 313 g/mol. The monoisotopic (exact) mass is 313 g/mol. The number of ether oxygens (including phenoxy) is 1. The van der Waals surface area contributed by atoms with Gasteiger partial charge in [-0.05, 0) is 20.8 Å². The Balaban J connectivity index is 2.45. The first-order valence-corrected chi connectivity index (χ1v) is 7.83. The van der Waals surface area contributed by atoms with Crippen LogP contribution in [0.15, 0.2) is 5.38 Å². The summed E-state index contributed by atoms with van der Waals surface area (Å²) in [5.74, 6) is -0.227. The van der Waals surface area contributed by atoms with Crippen LogP contribution in [0.5, 0.6) is 0 Å². The number of nitrogens with one attached hydrogen (secondary N) is 2. The number of hydrogen-bond donors (Lipinski definition) is 2. The largest absolute Gasteiger partial charge is 0.466 e. The molecule has 0 aliphatic carbocycles. The summed E-state index contributed by atoms with van der Waals surface area (Å²) in [6.07, 6.45) is 0.899. The van der Waals surface area contributed by atoms with E-state index < -0.39 is 5.41 Å². The molecule has 0 unspecified atom stereocenters. The molecule has 0 bridgehead atoms. The minimum absolute atomic E-state index is 0.0194. The minimum Gasteiger partial charge on any atom is -0.466 e. The first-order valence-electron chi connectivity index (χ1n) is 6.95. The van der Waals surface area contributed by atoms with Gasteiger partial charge in [0.05, 0.1) is 24.1 Å². The van der Waals surface area contributed by atoms with E-state index in [0.29, 0.717) is 26.0 Å². The molecule has 2 N–H and O–H groups in total. The number of carbonyl (C=O) groups excluding carboxylic acids is 2. The second kappa shape index (κ2) is 7.97. The molecule has 1 heterocycles. The smallest absolute Gasteiger partial charge is 0.306 e. The molecule has 6 nitrogen and oxygen atoms in total. The molecule has 0 saturated carbocycles. The molecule has 7 heteroatoms. The van der Waals surface area contributed by atoms with Crippen LogP contribution in [0, 0.1) is 5.41 Å². The second-order valence-electron chi connectivity index (χ2n) is 5.27. The highest BCUT2D eigenvalue weighted by molar-refractivity contribution is 7.13. The molecule has 0 fully saturated rings. The predicted molar refractivity (Wildman–Crippen MR) is 83.4 cm³/mol. The Kier molecular flexibility index (Phi) is 6.61. The lowest BCUT2D eigenvalue weighted by Crippen LogP contribution is -2.39. The number of aryl methyl sites for hydroxylation is 1. The summed E-state index contributed by atoms with van der Waals surface area (Å²) in [7, 11) is 1.63. The van der Waals surface area contributed by atoms with Crippen molar-refractivity contribution in [3.63, 3.8) is 0 Å². The molecule has 0 spiro atoms. The van der Waals surface area contributed by atoms with E-state index >= 15 is 0 Å². The summed E-state index contributed by atoms with van der Waals surface area (Å²) < 4.78 is 4.88. The Morgan fingerprint density at radius 1 is 1.43 bits per heavy atom. The van der Waals surface area contributed by atoms with Crippen LogP contribution in [0.1, 0.15) is 32.9 Å². The quantitative estimate of drug-likeness (QED) is 0.716. The lowest BCUT2D eigenvalue weighted by atomic mass is 9.92. The van der Waals surface area contributed by atoms with Gasteiger partial charge in [-0.2, -0.15) is 0 Å². The van der Waals surface area contributed by atoms with Crippen LogP contribution in [0.25, 0.3) is 0 Å². The average Bonchev–Trinajstić information content (AvgIpc) is 2.90. The van der Waals surface area contributed by atoms with Crippen LogP contribution in [0.3, 0.4) is 0 Å². The zero-order valence-corrected chi connectivity index (χ0v) is 13.8. The van der Waals surface area contributed by atoms with Crippen LogP contribution < -0.4 is 10.6 Å². The molecule has 1 amide bonds. The van der Waals surface area contributed by atoms with Crippen molar-refractivity contribution in [2.24, 2.45) is 5.41 Å². The number of carbonyl (C=O) groups is 2. The van der Waals surface area contributed by atoms with Crippen molar-refractivity contribution in [2.75, 3.05) is 25.5 Å². The summed E-state index contributed by atoms with van der Waals surface area (Å²) in [4.78, 5) is 27.4. The Bertz CT molecular complexity index is 486. The summed E-state index contributed by atoms with van der Waals surface area (Å²) in [6.45, 7) is 6.42. The molecule has 0 aromatic carbocycles. The molecular formula is C14H23N3O3S. The molecule has 1 rings (SSSR count). The fourth-order valence-corrected chi connectivity index (χ4v) is 2.43. The fraction of sp³-hybridized carbons (Fsp3) is 0.643. The maximum Gasteiger partial charge on any atom is 0.306 e. The standard InChI is InChI=1S/C14H23N3O3S/c1-5-20-11(18)7-6-10-8-21-13(17-10)16-9-14(2,3)12(19)15-4/h8H,5-7,9H2,1-4H3,(H,15,19)(H,16,17). The first-order chi connectivity index (χ1) is 9.89. The van der Waals surface area contributed by atoms with Crippen LogP contribution in [-0.4, -0.2) is 37.1 Å². The van der Waals surface area contributed by atoms with E-state index in [0.717, 1.165) is 10.8 Å². The van der Waals surface area contributed by atoms with Gasteiger partial charge in [0.25, 0.3) is 0 Å². The van der Waals surface area contributed by atoms with Gasteiger partial charge in [-0.1, -0.05) is 0 Å². The third-order valence-corrected chi connectivity index (χ3v) is 3.81. The van der Waals surface area contributed by atoms with E-state index in [4.69, 9.17) is 4.74 Å². The lowest BCUT2D eigenvalue weighted by molar-refractivity contribution is -0.143. The maximum absolute atomic E-state index is 11.7. The summed E-state index contributed by atoms with van der Waals surface area (Å²) in [5.41, 5.74) is 0.346. The van der Waals surface area contributed by atoms with Gasteiger partial charge < -0.3 is 15.4 Å². The van der Waals surface area contributed by atoms with Crippen LogP contribution >= 0.6 is 11.3 Å². The van der Waals surface area contributed by atoms with Crippen molar-refractivity contribution in [1.82, 2.24) is 10.3 Å². The second-order valence-corrected chi connectivity index (χ2v) is 6.12. The Morgan fingerprint density at radius 2 is 2.14 bits per heavy atom. The molecule has 21 heavy (non-hydrogen) atoms.